The second kappa shape index (κ2) is 44.2. The second-order valence-electron chi connectivity index (χ2n) is 34.3. The summed E-state index contributed by atoms with van der Waals surface area (Å²) in [7, 11) is 8.73. The predicted molar refractivity (Wildman–Crippen MR) is 519 cm³/mol. The molecule has 18 rings (SSSR count). The molecule has 10 aromatic rings. The summed E-state index contributed by atoms with van der Waals surface area (Å²) >= 11 is 8.29. The fraction of sp³-hybridized carbons (Fsp3) is 0.450. The van der Waals surface area contributed by atoms with E-state index >= 15 is 0 Å². The Morgan fingerprint density at radius 3 is 1.04 bits per heavy atom. The summed E-state index contributed by atoms with van der Waals surface area (Å²) in [6.45, 7) is 20.6. The number of benzene rings is 5. The molecule has 0 aliphatic carbocycles. The molecular formula is C100H129N15S5. The standard InChI is InChI=1S/C21H27N3S.2C20H25N3S.C20H27N3S.C19H25N3S/c22-19(21-5-3-13-25-21)15-16-6-7-20-17(14-16)4-1-2-12-24(20)18-8-10-23-11-9-18;2*1-22-10-8-17(14-22)23-9-2-4-16-12-15(6-7-19(16)23)13-18(21)20-5-3-11-24-20;1-22(2)10-5-12-23-11-3-6-17-14-16(8-9-19(17)23)15-18(21)20-7-4-13-24-20;1-2-21-9-11-22-10-3-5-16-13-15(7-8-18(16)22)14-17(20)19-6-4-12-23-19/h3,5-7,13-14,18,22-23H,1-2,4,8-12,15H2;2*3,5-7,11-12,17,21H,2,4,8-10,13-14H2,1H3;4,7-9,13-14,21H,3,5-6,10-12,15H2,1-2H3;4,6-8,12-13,20-21H,2-3,5,9-11,14H2,1H3. The van der Waals surface area contributed by atoms with Crippen LogP contribution in [0, 0.1) is 27.0 Å². The van der Waals surface area contributed by atoms with Gasteiger partial charge in [-0.3, -0.25) is 0 Å². The second-order valence-corrected chi connectivity index (χ2v) is 39.0. The van der Waals surface area contributed by atoms with Crippen LogP contribution in [0.25, 0.3) is 0 Å². The third-order valence-electron chi connectivity index (χ3n) is 25.1. The first-order valence-corrected chi connectivity index (χ1v) is 48.9. The Bertz CT molecular complexity index is 4780. The molecule has 0 saturated carbocycles. The van der Waals surface area contributed by atoms with E-state index in [0.29, 0.717) is 18.1 Å². The van der Waals surface area contributed by atoms with Gasteiger partial charge in [-0.05, 0) is 313 Å². The number of likely N-dealkylation sites (tertiary alicyclic amines) is 2. The highest BCUT2D eigenvalue weighted by molar-refractivity contribution is 7.13. The summed E-state index contributed by atoms with van der Waals surface area (Å²) in [5.74, 6) is 0. The summed E-state index contributed by atoms with van der Waals surface area (Å²) in [5, 5.41) is 58.7. The van der Waals surface area contributed by atoms with Crippen LogP contribution in [0.15, 0.2) is 179 Å². The minimum Gasteiger partial charge on any atom is -0.371 e. The van der Waals surface area contributed by atoms with Gasteiger partial charge in [0.05, 0.1) is 28.6 Å². The zero-order valence-corrected chi connectivity index (χ0v) is 75.9. The van der Waals surface area contributed by atoms with E-state index in [0.717, 1.165) is 144 Å². The molecule has 8 aliphatic rings. The molecule has 634 valence electrons. The molecule has 13 heterocycles. The quantitative estimate of drug-likeness (QED) is 0.0205. The first kappa shape index (κ1) is 88.1. The predicted octanol–water partition coefficient (Wildman–Crippen LogP) is 19.7. The van der Waals surface area contributed by atoms with Gasteiger partial charge in [0.25, 0.3) is 0 Å². The molecule has 15 nitrogen and oxygen atoms in total. The first-order valence-electron chi connectivity index (χ1n) is 44.5. The molecule has 20 heteroatoms. The van der Waals surface area contributed by atoms with Gasteiger partial charge in [0.15, 0.2) is 0 Å². The fourth-order valence-electron chi connectivity index (χ4n) is 18.9. The van der Waals surface area contributed by atoms with Crippen LogP contribution in [0.4, 0.5) is 28.4 Å². The Labute approximate surface area is 736 Å². The Morgan fingerprint density at radius 2 is 0.708 bits per heavy atom. The zero-order valence-electron chi connectivity index (χ0n) is 71.8. The van der Waals surface area contributed by atoms with Gasteiger partial charge in [-0.2, -0.15) is 0 Å². The van der Waals surface area contributed by atoms with Crippen LogP contribution < -0.4 is 35.1 Å². The molecular weight excluding hydrogens is 1570 g/mol. The first-order chi connectivity index (χ1) is 58.6. The van der Waals surface area contributed by atoms with E-state index in [2.05, 4.69) is 187 Å². The van der Waals surface area contributed by atoms with Crippen molar-refractivity contribution in [2.45, 2.75) is 160 Å². The van der Waals surface area contributed by atoms with Crippen LogP contribution >= 0.6 is 56.7 Å². The van der Waals surface area contributed by atoms with Gasteiger partial charge >= 0.3 is 0 Å². The van der Waals surface area contributed by atoms with Crippen molar-refractivity contribution >= 4 is 114 Å². The van der Waals surface area contributed by atoms with E-state index in [-0.39, 0.29) is 0 Å². The monoisotopic (exact) mass is 1700 g/mol. The number of rotatable bonds is 26. The largest absolute Gasteiger partial charge is 0.371 e. The summed E-state index contributed by atoms with van der Waals surface area (Å²) in [6, 6.07) is 56.7. The third-order valence-corrected chi connectivity index (χ3v) is 29.7. The molecule has 2 unspecified atom stereocenters. The van der Waals surface area contributed by atoms with Gasteiger partial charge in [-0.25, -0.2) is 0 Å². The number of anilines is 5. The molecule has 120 heavy (non-hydrogen) atoms. The van der Waals surface area contributed by atoms with Crippen LogP contribution in [-0.2, 0) is 64.2 Å². The Morgan fingerprint density at radius 1 is 0.383 bits per heavy atom. The van der Waals surface area contributed by atoms with E-state index in [1.54, 1.807) is 56.7 Å². The molecule has 8 aliphatic heterocycles. The van der Waals surface area contributed by atoms with E-state index < -0.39 is 0 Å². The van der Waals surface area contributed by atoms with Gasteiger partial charge in [-0.15, -0.1) is 56.7 Å². The van der Waals surface area contributed by atoms with Crippen molar-refractivity contribution in [3.05, 3.63) is 259 Å². The van der Waals surface area contributed by atoms with Crippen LogP contribution in [0.3, 0.4) is 0 Å². The van der Waals surface area contributed by atoms with Gasteiger partial charge < -0.3 is 76.9 Å². The number of nitrogens with one attached hydrogen (secondary N) is 7. The average Bonchev–Trinajstić information content (AvgIpc) is 1.81. The van der Waals surface area contributed by atoms with Gasteiger partial charge in [0, 0.05) is 168 Å². The van der Waals surface area contributed by atoms with Crippen molar-refractivity contribution in [1.29, 1.82) is 27.0 Å². The smallest absolute Gasteiger partial charge is 0.0529 e. The zero-order chi connectivity index (χ0) is 83.1. The lowest BCUT2D eigenvalue weighted by Crippen LogP contribution is -2.43. The normalized spacial score (nSPS) is 17.8. The van der Waals surface area contributed by atoms with Crippen LogP contribution in [0.5, 0.6) is 0 Å². The number of piperidine rings is 1. The number of nitrogens with zero attached hydrogens (tertiary/aromatic N) is 8. The number of hydrogen-bond acceptors (Lipinski definition) is 20. The van der Waals surface area contributed by atoms with Crippen LogP contribution in [0.1, 0.15) is 158 Å². The number of thiophene rings is 5. The highest BCUT2D eigenvalue weighted by atomic mass is 32.1. The Hall–Kier alpha value is -8.25. The highest BCUT2D eigenvalue weighted by Crippen LogP contribution is 2.38. The number of fused-ring (bicyclic) bond motifs is 5. The average molecular weight is 1700 g/mol. The molecule has 2 atom stereocenters. The van der Waals surface area contributed by atoms with Crippen molar-refractivity contribution < 1.29 is 0 Å². The van der Waals surface area contributed by atoms with Gasteiger partial charge in [0.2, 0.25) is 0 Å². The molecule has 0 bridgehead atoms. The van der Waals surface area contributed by atoms with Crippen molar-refractivity contribution in [2.24, 2.45) is 0 Å². The van der Waals surface area contributed by atoms with Crippen molar-refractivity contribution in [3.8, 4) is 0 Å². The summed E-state index contributed by atoms with van der Waals surface area (Å²) in [5.41, 5.74) is 24.5. The summed E-state index contributed by atoms with van der Waals surface area (Å²) in [4.78, 5) is 25.5. The van der Waals surface area contributed by atoms with Crippen LogP contribution in [0.2, 0.25) is 0 Å². The lowest BCUT2D eigenvalue weighted by molar-refractivity contribution is 0.399. The van der Waals surface area contributed by atoms with Crippen molar-refractivity contribution in [2.75, 3.05) is 157 Å². The molecule has 7 N–H and O–H groups in total. The minimum absolute atomic E-state index is 0.671. The lowest BCUT2D eigenvalue weighted by atomic mass is 9.95. The lowest BCUT2D eigenvalue weighted by Gasteiger charge is -2.36. The molecule has 5 aromatic carbocycles. The third kappa shape index (κ3) is 24.2. The molecule has 3 fully saturated rings. The maximum absolute atomic E-state index is 8.36. The number of aryl methyl sites for hydroxylation is 5. The highest BCUT2D eigenvalue weighted by Gasteiger charge is 2.32. The van der Waals surface area contributed by atoms with Crippen molar-refractivity contribution in [1.82, 2.24) is 25.3 Å². The van der Waals surface area contributed by atoms with E-state index in [1.807, 2.05) is 76.1 Å². The molecule has 0 spiro atoms. The topological polar surface area (TPSA) is 169 Å². The maximum Gasteiger partial charge on any atom is 0.0529 e. The summed E-state index contributed by atoms with van der Waals surface area (Å²) < 4.78 is 0. The SMILES string of the molecule is CCNCCN1CCCc2cc(CC(=N)c3cccs3)ccc21.CN(C)CCCN1CCCc2cc(CC(=N)c3cccs3)ccc21.CN1CCC(N2CCCc3cc(CC(=N)c4cccs4)ccc32)C1.CN1CCC(N2CCCc3cc(CC(=N)c4cccs4)ccc32)C1.N=C(Cc1ccc2c(c1)CCCCN2C1CCNCC1)c1cccs1. The van der Waals surface area contributed by atoms with Gasteiger partial charge in [-0.1, -0.05) is 97.9 Å². The molecule has 3 saturated heterocycles. The Kier molecular flexibility index (Phi) is 32.4. The van der Waals surface area contributed by atoms with E-state index in [1.165, 1.54) is 233 Å². The molecule has 0 amide bonds. The van der Waals surface area contributed by atoms with Crippen LogP contribution in [-0.4, -0.2) is 194 Å². The number of hydrogen-bond donors (Lipinski definition) is 7. The molecule has 5 aromatic heterocycles. The minimum atomic E-state index is 0.671. The van der Waals surface area contributed by atoms with E-state index in [9.17, 15) is 0 Å². The summed E-state index contributed by atoms with van der Waals surface area (Å²) in [6.07, 6.45) is 23.3. The molecule has 0 radical (unpaired) electrons. The van der Waals surface area contributed by atoms with Crippen molar-refractivity contribution in [3.63, 3.8) is 0 Å². The number of likely N-dealkylation sites (N-methyl/N-ethyl adjacent to an activating group) is 3. The maximum atomic E-state index is 8.36. The van der Waals surface area contributed by atoms with E-state index in [4.69, 9.17) is 27.0 Å². The fourth-order valence-corrected chi connectivity index (χ4v) is 22.3. The van der Waals surface area contributed by atoms with Gasteiger partial charge in [0.1, 0.15) is 0 Å². The Balaban J connectivity index is 0.000000123.